The summed E-state index contributed by atoms with van der Waals surface area (Å²) in [5, 5.41) is 6.78. The average Bonchev–Trinajstić information content (AvgIpc) is 2.95. The monoisotopic (exact) mass is 253 g/mol. The molecule has 1 aliphatic carbocycles. The van der Waals surface area contributed by atoms with E-state index in [0.29, 0.717) is 5.69 Å². The third-order valence-corrected chi connectivity index (χ3v) is 3.78. The number of nitrogens with zero attached hydrogens (tertiary/aromatic N) is 2. The fraction of sp³-hybridized carbons (Fsp3) is 0.214. The molecule has 1 aromatic carbocycles. The molecule has 1 aromatic heterocycles. The molecule has 2 unspecified atom stereocenters. The van der Waals surface area contributed by atoms with E-state index in [1.807, 2.05) is 24.3 Å². The molecule has 19 heavy (non-hydrogen) atoms. The second-order valence-electron chi connectivity index (χ2n) is 4.98. The Kier molecular flexibility index (Phi) is 1.95. The van der Waals surface area contributed by atoms with Gasteiger partial charge in [0.2, 0.25) is 11.8 Å². The first-order valence-electron chi connectivity index (χ1n) is 6.23. The summed E-state index contributed by atoms with van der Waals surface area (Å²) in [6.45, 7) is 0. The van der Waals surface area contributed by atoms with Crippen molar-refractivity contribution >= 4 is 17.5 Å². The van der Waals surface area contributed by atoms with Crippen molar-refractivity contribution in [1.29, 1.82) is 0 Å². The van der Waals surface area contributed by atoms with Gasteiger partial charge in [0, 0.05) is 11.8 Å². The fourth-order valence-corrected chi connectivity index (χ4v) is 2.66. The SMILES string of the molecule is O=C1C2CC2C(=O)N1c1cccc(-c2ccn[nH]2)c1. The Hall–Kier alpha value is -2.43. The van der Waals surface area contributed by atoms with E-state index in [1.54, 1.807) is 12.3 Å². The maximum atomic E-state index is 12.0. The highest BCUT2D eigenvalue weighted by Gasteiger charge is 2.59. The molecule has 0 bridgehead atoms. The second-order valence-corrected chi connectivity index (χ2v) is 4.98. The first-order valence-corrected chi connectivity index (χ1v) is 6.23. The van der Waals surface area contributed by atoms with E-state index in [2.05, 4.69) is 10.2 Å². The number of benzene rings is 1. The molecule has 2 heterocycles. The number of hydrogen-bond donors (Lipinski definition) is 1. The number of imide groups is 1. The Morgan fingerprint density at radius 1 is 1.16 bits per heavy atom. The maximum Gasteiger partial charge on any atom is 0.237 e. The number of rotatable bonds is 2. The number of anilines is 1. The van der Waals surface area contributed by atoms with E-state index in [1.165, 1.54) is 4.90 Å². The van der Waals surface area contributed by atoms with Crippen molar-refractivity contribution in [2.75, 3.05) is 4.90 Å². The molecule has 1 aliphatic heterocycles. The van der Waals surface area contributed by atoms with Gasteiger partial charge in [0.05, 0.1) is 23.2 Å². The topological polar surface area (TPSA) is 66.1 Å². The predicted molar refractivity (Wildman–Crippen MR) is 68.1 cm³/mol. The number of H-pyrrole nitrogens is 1. The lowest BCUT2D eigenvalue weighted by Crippen LogP contribution is -2.32. The summed E-state index contributed by atoms with van der Waals surface area (Å²) in [7, 11) is 0. The highest BCUT2D eigenvalue weighted by atomic mass is 16.2. The molecule has 5 heteroatoms. The molecule has 5 nitrogen and oxygen atoms in total. The summed E-state index contributed by atoms with van der Waals surface area (Å²) in [5.41, 5.74) is 2.43. The van der Waals surface area contributed by atoms with Gasteiger partial charge in [-0.2, -0.15) is 5.10 Å². The molecule has 2 atom stereocenters. The summed E-state index contributed by atoms with van der Waals surface area (Å²) in [6, 6.07) is 9.25. The predicted octanol–water partition coefficient (Wildman–Crippen LogP) is 1.59. The van der Waals surface area contributed by atoms with Crippen molar-refractivity contribution in [3.05, 3.63) is 36.5 Å². The van der Waals surface area contributed by atoms with Gasteiger partial charge in [-0.1, -0.05) is 12.1 Å². The van der Waals surface area contributed by atoms with Crippen LogP contribution in [0.5, 0.6) is 0 Å². The van der Waals surface area contributed by atoms with Crippen molar-refractivity contribution in [2.45, 2.75) is 6.42 Å². The van der Waals surface area contributed by atoms with Gasteiger partial charge in [0.1, 0.15) is 0 Å². The van der Waals surface area contributed by atoms with Gasteiger partial charge in [-0.05, 0) is 24.6 Å². The van der Waals surface area contributed by atoms with Crippen molar-refractivity contribution in [3.63, 3.8) is 0 Å². The Bertz CT molecular complexity index is 658. The van der Waals surface area contributed by atoms with E-state index < -0.39 is 0 Å². The lowest BCUT2D eigenvalue weighted by atomic mass is 10.1. The van der Waals surface area contributed by atoms with Crippen LogP contribution in [0.1, 0.15) is 6.42 Å². The molecule has 2 fully saturated rings. The molecule has 1 N–H and O–H groups in total. The van der Waals surface area contributed by atoms with Gasteiger partial charge in [-0.15, -0.1) is 0 Å². The molecule has 2 amide bonds. The van der Waals surface area contributed by atoms with Gasteiger partial charge in [-0.3, -0.25) is 19.6 Å². The molecule has 1 saturated carbocycles. The van der Waals surface area contributed by atoms with Crippen molar-refractivity contribution in [3.8, 4) is 11.3 Å². The van der Waals surface area contributed by atoms with Crippen LogP contribution in [0.15, 0.2) is 36.5 Å². The lowest BCUT2D eigenvalue weighted by Gasteiger charge is -2.17. The number of amides is 2. The highest BCUT2D eigenvalue weighted by molar-refractivity contribution is 6.24. The summed E-state index contributed by atoms with van der Waals surface area (Å²) in [4.78, 5) is 25.4. The number of nitrogens with one attached hydrogen (secondary N) is 1. The van der Waals surface area contributed by atoms with Crippen LogP contribution in [-0.2, 0) is 9.59 Å². The molecule has 0 radical (unpaired) electrons. The molecule has 2 aliphatic rings. The Balaban J connectivity index is 1.75. The number of hydrogen-bond acceptors (Lipinski definition) is 3. The first kappa shape index (κ1) is 10.5. The molecule has 0 spiro atoms. The summed E-state index contributed by atoms with van der Waals surface area (Å²) < 4.78 is 0. The Labute approximate surface area is 109 Å². The van der Waals surface area contributed by atoms with Crippen molar-refractivity contribution < 1.29 is 9.59 Å². The standard InChI is InChI=1S/C14H11N3O2/c18-13-10-7-11(10)14(19)17(13)9-3-1-2-8(6-9)12-4-5-15-16-12/h1-6,10-11H,7H2,(H,15,16). The van der Waals surface area contributed by atoms with Crippen LogP contribution in [0.25, 0.3) is 11.3 Å². The van der Waals surface area contributed by atoms with Crippen LogP contribution >= 0.6 is 0 Å². The van der Waals surface area contributed by atoms with Gasteiger partial charge in [0.15, 0.2) is 0 Å². The minimum absolute atomic E-state index is 0.0586. The zero-order valence-corrected chi connectivity index (χ0v) is 10.0. The van der Waals surface area contributed by atoms with Crippen molar-refractivity contribution in [1.82, 2.24) is 10.2 Å². The molecule has 2 aromatic rings. The van der Waals surface area contributed by atoms with Crippen LogP contribution in [0.3, 0.4) is 0 Å². The average molecular weight is 253 g/mol. The third-order valence-electron chi connectivity index (χ3n) is 3.78. The van der Waals surface area contributed by atoms with Crippen LogP contribution in [-0.4, -0.2) is 22.0 Å². The second kappa shape index (κ2) is 3.54. The molecule has 94 valence electrons. The zero-order valence-electron chi connectivity index (χ0n) is 10.0. The van der Waals surface area contributed by atoms with Gasteiger partial charge < -0.3 is 0 Å². The van der Waals surface area contributed by atoms with Crippen LogP contribution in [0, 0.1) is 11.8 Å². The number of aromatic amines is 1. The smallest absolute Gasteiger partial charge is 0.237 e. The van der Waals surface area contributed by atoms with Crippen LogP contribution in [0.2, 0.25) is 0 Å². The minimum Gasteiger partial charge on any atom is -0.278 e. The van der Waals surface area contributed by atoms with E-state index in [-0.39, 0.29) is 23.7 Å². The van der Waals surface area contributed by atoms with E-state index >= 15 is 0 Å². The largest absolute Gasteiger partial charge is 0.278 e. The van der Waals surface area contributed by atoms with Crippen LogP contribution in [0.4, 0.5) is 5.69 Å². The van der Waals surface area contributed by atoms with Gasteiger partial charge in [-0.25, -0.2) is 0 Å². The fourth-order valence-electron chi connectivity index (χ4n) is 2.66. The van der Waals surface area contributed by atoms with Crippen LogP contribution < -0.4 is 4.90 Å². The molecular weight excluding hydrogens is 242 g/mol. The van der Waals surface area contributed by atoms with Gasteiger partial charge >= 0.3 is 0 Å². The van der Waals surface area contributed by atoms with E-state index in [0.717, 1.165) is 17.7 Å². The Morgan fingerprint density at radius 3 is 2.63 bits per heavy atom. The Morgan fingerprint density at radius 2 is 1.95 bits per heavy atom. The summed E-state index contributed by atoms with van der Waals surface area (Å²) in [6.07, 6.45) is 2.40. The summed E-state index contributed by atoms with van der Waals surface area (Å²) in [5.74, 6) is -0.250. The molecular formula is C14H11N3O2. The number of aromatic nitrogens is 2. The molecule has 4 rings (SSSR count). The quantitative estimate of drug-likeness (QED) is 0.826. The molecule has 1 saturated heterocycles. The number of piperidine rings is 1. The van der Waals surface area contributed by atoms with Crippen molar-refractivity contribution in [2.24, 2.45) is 11.8 Å². The van der Waals surface area contributed by atoms with E-state index in [4.69, 9.17) is 0 Å². The zero-order chi connectivity index (χ0) is 13.0. The lowest BCUT2D eigenvalue weighted by molar-refractivity contribution is -0.123. The third kappa shape index (κ3) is 1.44. The van der Waals surface area contributed by atoms with Gasteiger partial charge in [0.25, 0.3) is 0 Å². The summed E-state index contributed by atoms with van der Waals surface area (Å²) >= 11 is 0. The number of carbonyl (C=O) groups is 2. The maximum absolute atomic E-state index is 12.0. The highest BCUT2D eigenvalue weighted by Crippen LogP contribution is 2.48. The normalized spacial score (nSPS) is 24.7. The van der Waals surface area contributed by atoms with E-state index in [9.17, 15) is 9.59 Å². The minimum atomic E-state index is -0.0664. The number of fused-ring (bicyclic) bond motifs is 1. The number of carbonyl (C=O) groups excluding carboxylic acids is 2. The first-order chi connectivity index (χ1) is 9.25.